The zero-order valence-electron chi connectivity index (χ0n) is 10.2. The highest BCUT2D eigenvalue weighted by atomic mass is 35.5. The Hall–Kier alpha value is -1.62. The maximum atomic E-state index is 6.06. The number of anilines is 1. The van der Waals surface area contributed by atoms with Crippen LogP contribution >= 0.6 is 34.5 Å². The highest BCUT2D eigenvalue weighted by Crippen LogP contribution is 2.25. The first-order valence-corrected chi connectivity index (χ1v) is 7.39. The van der Waals surface area contributed by atoms with E-state index in [1.54, 1.807) is 29.7 Å². The first kappa shape index (κ1) is 13.4. The minimum atomic E-state index is 0.562. The molecule has 6 heteroatoms. The van der Waals surface area contributed by atoms with E-state index in [0.717, 1.165) is 20.9 Å². The number of para-hydroxylation sites is 1. The second-order valence-electron chi connectivity index (χ2n) is 4.02. The molecule has 1 N–H and O–H groups in total. The number of nitrogens with one attached hydrogen (secondary N) is 1. The predicted octanol–water partition coefficient (Wildman–Crippen LogP) is 5.05. The Bertz CT molecular complexity index is 750. The molecule has 1 heterocycles. The largest absolute Gasteiger partial charge is 0.253 e. The molecule has 2 aromatic carbocycles. The third kappa shape index (κ3) is 2.93. The van der Waals surface area contributed by atoms with Crippen LogP contribution < -0.4 is 5.43 Å². The molecule has 3 aromatic rings. The van der Waals surface area contributed by atoms with Gasteiger partial charge in [-0.05, 0) is 24.3 Å². The van der Waals surface area contributed by atoms with E-state index in [2.05, 4.69) is 15.5 Å². The number of aromatic nitrogens is 1. The van der Waals surface area contributed by atoms with Crippen molar-refractivity contribution in [1.29, 1.82) is 0 Å². The Morgan fingerprint density at radius 3 is 2.80 bits per heavy atom. The summed E-state index contributed by atoms with van der Waals surface area (Å²) < 4.78 is 1.12. The van der Waals surface area contributed by atoms with Crippen LogP contribution in [0.15, 0.2) is 47.6 Å². The molecule has 3 rings (SSSR count). The average Bonchev–Trinajstić information content (AvgIpc) is 2.84. The molecule has 1 aromatic heterocycles. The number of rotatable bonds is 3. The number of hydrogen-bond acceptors (Lipinski definition) is 4. The molecule has 100 valence electrons. The molecule has 20 heavy (non-hydrogen) atoms. The minimum Gasteiger partial charge on any atom is -0.253 e. The van der Waals surface area contributed by atoms with Gasteiger partial charge in [-0.2, -0.15) is 5.10 Å². The SMILES string of the molecule is Clc1ccc(/C=N/Nc2nc3ccccc3s2)c(Cl)c1. The third-order valence-electron chi connectivity index (χ3n) is 2.62. The summed E-state index contributed by atoms with van der Waals surface area (Å²) in [6, 6.07) is 13.2. The average molecular weight is 322 g/mol. The summed E-state index contributed by atoms with van der Waals surface area (Å²) in [7, 11) is 0. The van der Waals surface area contributed by atoms with Crippen molar-refractivity contribution < 1.29 is 0 Å². The Balaban J connectivity index is 1.76. The van der Waals surface area contributed by atoms with Crippen molar-refractivity contribution >= 4 is 56.1 Å². The zero-order valence-corrected chi connectivity index (χ0v) is 12.5. The zero-order chi connectivity index (χ0) is 13.9. The fourth-order valence-electron chi connectivity index (χ4n) is 1.68. The summed E-state index contributed by atoms with van der Waals surface area (Å²) in [4.78, 5) is 4.42. The highest BCUT2D eigenvalue weighted by Gasteiger charge is 2.01. The van der Waals surface area contributed by atoms with E-state index in [1.165, 1.54) is 0 Å². The standard InChI is InChI=1S/C14H9Cl2N3S/c15-10-6-5-9(11(16)7-10)8-17-19-14-18-12-3-1-2-4-13(12)20-14/h1-8H,(H,18,19)/b17-8+. The molecule has 0 amide bonds. The number of fused-ring (bicyclic) bond motifs is 1. The van der Waals surface area contributed by atoms with Gasteiger partial charge in [0, 0.05) is 10.6 Å². The summed E-state index contributed by atoms with van der Waals surface area (Å²) >= 11 is 13.4. The van der Waals surface area contributed by atoms with Gasteiger partial charge in [-0.15, -0.1) is 0 Å². The van der Waals surface area contributed by atoms with Crippen molar-refractivity contribution in [2.24, 2.45) is 5.10 Å². The molecule has 0 aliphatic heterocycles. The Morgan fingerprint density at radius 2 is 2.00 bits per heavy atom. The number of nitrogens with zero attached hydrogens (tertiary/aromatic N) is 2. The molecule has 0 aliphatic carbocycles. The lowest BCUT2D eigenvalue weighted by Gasteiger charge is -1.98. The fraction of sp³-hybridized carbons (Fsp3) is 0. The molecular weight excluding hydrogens is 313 g/mol. The van der Waals surface area contributed by atoms with Crippen molar-refractivity contribution in [3.05, 3.63) is 58.1 Å². The molecular formula is C14H9Cl2N3S. The van der Waals surface area contributed by atoms with E-state index in [0.29, 0.717) is 10.0 Å². The molecule has 0 saturated carbocycles. The summed E-state index contributed by atoms with van der Waals surface area (Å²) in [6.07, 6.45) is 1.64. The quantitative estimate of drug-likeness (QED) is 0.541. The van der Waals surface area contributed by atoms with Crippen molar-refractivity contribution in [3.63, 3.8) is 0 Å². The van der Waals surface area contributed by atoms with Crippen LogP contribution in [-0.4, -0.2) is 11.2 Å². The fourth-order valence-corrected chi connectivity index (χ4v) is 2.96. The minimum absolute atomic E-state index is 0.562. The van der Waals surface area contributed by atoms with Gasteiger partial charge in [0.1, 0.15) is 0 Å². The van der Waals surface area contributed by atoms with Gasteiger partial charge in [-0.25, -0.2) is 4.98 Å². The Morgan fingerprint density at radius 1 is 1.15 bits per heavy atom. The lowest BCUT2D eigenvalue weighted by molar-refractivity contribution is 1.31. The summed E-state index contributed by atoms with van der Waals surface area (Å²) in [5, 5.41) is 6.05. The van der Waals surface area contributed by atoms with E-state index in [9.17, 15) is 0 Å². The number of hydrogen-bond donors (Lipinski definition) is 1. The maximum Gasteiger partial charge on any atom is 0.204 e. The topological polar surface area (TPSA) is 37.3 Å². The normalized spacial score (nSPS) is 11.3. The monoisotopic (exact) mass is 321 g/mol. The molecule has 0 aliphatic rings. The van der Waals surface area contributed by atoms with Crippen molar-refractivity contribution in [3.8, 4) is 0 Å². The van der Waals surface area contributed by atoms with Gasteiger partial charge in [0.15, 0.2) is 0 Å². The summed E-state index contributed by atoms with van der Waals surface area (Å²) in [5.74, 6) is 0. The number of hydrazone groups is 1. The molecule has 0 spiro atoms. The van der Waals surface area contributed by atoms with Gasteiger partial charge < -0.3 is 0 Å². The first-order chi connectivity index (χ1) is 9.72. The van der Waals surface area contributed by atoms with Crippen LogP contribution in [0.5, 0.6) is 0 Å². The molecule has 0 fully saturated rings. The van der Waals surface area contributed by atoms with Crippen LogP contribution in [0.3, 0.4) is 0 Å². The summed E-state index contributed by atoms with van der Waals surface area (Å²) in [6.45, 7) is 0. The molecule has 0 saturated heterocycles. The molecule has 0 bridgehead atoms. The van der Waals surface area contributed by atoms with Crippen LogP contribution in [0, 0.1) is 0 Å². The van der Waals surface area contributed by atoms with Crippen LogP contribution in [0.25, 0.3) is 10.2 Å². The van der Waals surface area contributed by atoms with Crippen molar-refractivity contribution in [2.45, 2.75) is 0 Å². The molecule has 0 radical (unpaired) electrons. The van der Waals surface area contributed by atoms with Gasteiger partial charge in [-0.3, -0.25) is 5.43 Å². The Kier molecular flexibility index (Phi) is 3.87. The van der Waals surface area contributed by atoms with E-state index in [4.69, 9.17) is 23.2 Å². The van der Waals surface area contributed by atoms with Crippen molar-refractivity contribution in [2.75, 3.05) is 5.43 Å². The van der Waals surface area contributed by atoms with Crippen LogP contribution in [0.1, 0.15) is 5.56 Å². The lowest BCUT2D eigenvalue weighted by Crippen LogP contribution is -1.90. The lowest BCUT2D eigenvalue weighted by atomic mass is 10.2. The van der Waals surface area contributed by atoms with Gasteiger partial charge in [0.2, 0.25) is 5.13 Å². The summed E-state index contributed by atoms with van der Waals surface area (Å²) in [5.41, 5.74) is 4.66. The van der Waals surface area contributed by atoms with E-state index >= 15 is 0 Å². The first-order valence-electron chi connectivity index (χ1n) is 5.82. The number of thiazole rings is 1. The maximum absolute atomic E-state index is 6.06. The van der Waals surface area contributed by atoms with Crippen molar-refractivity contribution in [1.82, 2.24) is 4.98 Å². The second kappa shape index (κ2) is 5.79. The van der Waals surface area contributed by atoms with E-state index in [1.807, 2.05) is 30.3 Å². The second-order valence-corrected chi connectivity index (χ2v) is 5.90. The van der Waals surface area contributed by atoms with Gasteiger partial charge in [0.25, 0.3) is 0 Å². The highest BCUT2D eigenvalue weighted by molar-refractivity contribution is 7.22. The molecule has 3 nitrogen and oxygen atoms in total. The van der Waals surface area contributed by atoms with Crippen LogP contribution in [0.2, 0.25) is 10.0 Å². The number of halogens is 2. The molecule has 0 atom stereocenters. The van der Waals surface area contributed by atoms with Gasteiger partial charge in [-0.1, -0.05) is 52.7 Å². The van der Waals surface area contributed by atoms with Crippen LogP contribution in [-0.2, 0) is 0 Å². The third-order valence-corrected chi connectivity index (χ3v) is 4.12. The Labute approximate surface area is 129 Å². The number of benzene rings is 2. The smallest absolute Gasteiger partial charge is 0.204 e. The van der Waals surface area contributed by atoms with E-state index in [-0.39, 0.29) is 0 Å². The molecule has 0 unspecified atom stereocenters. The van der Waals surface area contributed by atoms with E-state index < -0.39 is 0 Å². The van der Waals surface area contributed by atoms with Gasteiger partial charge >= 0.3 is 0 Å². The predicted molar refractivity (Wildman–Crippen MR) is 87.3 cm³/mol. The van der Waals surface area contributed by atoms with Gasteiger partial charge in [0.05, 0.1) is 21.5 Å². The van der Waals surface area contributed by atoms with Crippen LogP contribution in [0.4, 0.5) is 5.13 Å².